The summed E-state index contributed by atoms with van der Waals surface area (Å²) in [4.78, 5) is 59.7. The van der Waals surface area contributed by atoms with Crippen LogP contribution >= 0.6 is 0 Å². The topological polar surface area (TPSA) is 133 Å². The van der Waals surface area contributed by atoms with Gasteiger partial charge in [0.15, 0.2) is 0 Å². The molecule has 35 heavy (non-hydrogen) atoms. The predicted molar refractivity (Wildman–Crippen MR) is 135 cm³/mol. The minimum atomic E-state index is -0.287. The van der Waals surface area contributed by atoms with E-state index in [0.717, 1.165) is 19.4 Å². The Hall–Kier alpha value is -2.01. The van der Waals surface area contributed by atoms with E-state index in [1.54, 1.807) is 16.7 Å². The van der Waals surface area contributed by atoms with Gasteiger partial charge < -0.3 is 15.2 Å². The van der Waals surface area contributed by atoms with E-state index in [-0.39, 0.29) is 74.0 Å². The smallest absolute Gasteiger partial charge is 0.234 e. The molecule has 0 saturated carbocycles. The van der Waals surface area contributed by atoms with Crippen molar-refractivity contribution in [3.05, 3.63) is 0 Å². The molecule has 204 valence electrons. The third-order valence-electron chi connectivity index (χ3n) is 4.54. The molecule has 0 fully saturated rings. The van der Waals surface area contributed by atoms with Gasteiger partial charge in [-0.15, -0.1) is 0 Å². The highest BCUT2D eigenvalue weighted by molar-refractivity contribution is 5.81. The van der Waals surface area contributed by atoms with Crippen LogP contribution in [-0.2, 0) is 28.7 Å². The average Bonchev–Trinajstić information content (AvgIpc) is 2.68. The van der Waals surface area contributed by atoms with E-state index >= 15 is 0 Å². The highest BCUT2D eigenvalue weighted by atomic mass is 16.5. The zero-order valence-corrected chi connectivity index (χ0v) is 22.8. The van der Waals surface area contributed by atoms with Crippen LogP contribution in [-0.4, -0.2) is 109 Å². The zero-order chi connectivity index (χ0) is 27.4. The van der Waals surface area contributed by atoms with E-state index in [2.05, 4.69) is 12.2 Å². The summed E-state index contributed by atoms with van der Waals surface area (Å²) in [5.41, 5.74) is -0.277. The van der Waals surface area contributed by atoms with Gasteiger partial charge in [-0.3, -0.25) is 33.8 Å². The second-order valence-corrected chi connectivity index (χ2v) is 9.44. The predicted octanol–water partition coefficient (Wildman–Crippen LogP) is 1.03. The van der Waals surface area contributed by atoms with E-state index in [1.165, 1.54) is 20.8 Å². The van der Waals surface area contributed by atoms with Crippen LogP contribution in [0, 0.1) is 0 Å². The molecule has 10 nitrogen and oxygen atoms in total. The van der Waals surface area contributed by atoms with Gasteiger partial charge in [0.25, 0.3) is 0 Å². The molecular weight excluding hydrogens is 454 g/mol. The van der Waals surface area contributed by atoms with Crippen molar-refractivity contribution in [1.29, 1.82) is 0 Å². The number of nitrogens with zero attached hydrogens (tertiary/aromatic N) is 2. The standard InChI is InChI=1S/C15H27N3O5.C10H20O2/c1-12(20)8-17(9-13(2)21)5-6-18(10-14(3)22)11-15(23)16-4-7-19;1-5-6-7-12-10(3,4)8-9(2)11/h19H,4-11H2,1-3H3,(H,16,23);5-8H2,1-4H3. The fourth-order valence-corrected chi connectivity index (χ4v) is 3.25. The van der Waals surface area contributed by atoms with Crippen LogP contribution in [0.5, 0.6) is 0 Å². The first kappa shape index (κ1) is 35.2. The van der Waals surface area contributed by atoms with Crippen LogP contribution in [0.4, 0.5) is 0 Å². The summed E-state index contributed by atoms with van der Waals surface area (Å²) >= 11 is 0. The summed E-state index contributed by atoms with van der Waals surface area (Å²) in [7, 11) is 0. The maximum absolute atomic E-state index is 11.7. The second-order valence-electron chi connectivity index (χ2n) is 9.44. The molecule has 10 heteroatoms. The molecule has 0 atom stereocenters. The molecule has 2 N–H and O–H groups in total. The summed E-state index contributed by atoms with van der Waals surface area (Å²) < 4.78 is 5.56. The molecule has 0 heterocycles. The molecule has 0 rings (SSSR count). The van der Waals surface area contributed by atoms with Gasteiger partial charge in [-0.25, -0.2) is 0 Å². The summed E-state index contributed by atoms with van der Waals surface area (Å²) in [5, 5.41) is 11.2. The number of aliphatic hydroxyl groups is 1. The van der Waals surface area contributed by atoms with E-state index in [4.69, 9.17) is 9.84 Å². The van der Waals surface area contributed by atoms with Crippen molar-refractivity contribution in [2.75, 3.05) is 59.0 Å². The third kappa shape index (κ3) is 24.9. The highest BCUT2D eigenvalue weighted by Gasteiger charge is 2.20. The third-order valence-corrected chi connectivity index (χ3v) is 4.54. The Balaban J connectivity index is 0. The number of Topliss-reactive ketones (excluding diaryl/α,β-unsaturated/α-hetero) is 4. The van der Waals surface area contributed by atoms with Gasteiger partial charge in [0.1, 0.15) is 23.1 Å². The quantitative estimate of drug-likeness (QED) is 0.249. The lowest BCUT2D eigenvalue weighted by Crippen LogP contribution is -2.45. The normalized spacial score (nSPS) is 11.1. The van der Waals surface area contributed by atoms with Crippen LogP contribution in [0.15, 0.2) is 0 Å². The number of ether oxygens (including phenoxy) is 1. The lowest BCUT2D eigenvalue weighted by atomic mass is 10.0. The van der Waals surface area contributed by atoms with Crippen LogP contribution in [0.25, 0.3) is 0 Å². The minimum Gasteiger partial charge on any atom is -0.395 e. The lowest BCUT2D eigenvalue weighted by molar-refractivity contribution is -0.125. The number of hydrogen-bond acceptors (Lipinski definition) is 9. The Bertz CT molecular complexity index is 649. The number of rotatable bonds is 19. The second kappa shape index (κ2) is 20.2. The summed E-state index contributed by atoms with van der Waals surface area (Å²) in [6, 6.07) is 0. The number of carbonyl (C=O) groups excluding carboxylic acids is 5. The van der Waals surface area contributed by atoms with Gasteiger partial charge in [0.05, 0.1) is 38.4 Å². The fourth-order valence-electron chi connectivity index (χ4n) is 3.25. The largest absolute Gasteiger partial charge is 0.395 e. The molecule has 0 radical (unpaired) electrons. The van der Waals surface area contributed by atoms with Crippen molar-refractivity contribution in [3.8, 4) is 0 Å². The summed E-state index contributed by atoms with van der Waals surface area (Å²) in [5.74, 6) is -0.277. The molecule has 0 aromatic rings. The maximum atomic E-state index is 11.7. The Labute approximate surface area is 210 Å². The lowest BCUT2D eigenvalue weighted by Gasteiger charge is -2.25. The van der Waals surface area contributed by atoms with E-state index in [1.807, 2.05) is 13.8 Å². The number of nitrogens with one attached hydrogen (secondary N) is 1. The van der Waals surface area contributed by atoms with Gasteiger partial charge in [-0.1, -0.05) is 13.3 Å². The molecule has 0 bridgehead atoms. The SMILES string of the molecule is CC(=O)CN(CCN(CC(C)=O)CC(=O)NCCO)CC(C)=O.CCCCOC(C)(C)CC(C)=O. The van der Waals surface area contributed by atoms with Crippen molar-refractivity contribution >= 4 is 29.0 Å². The summed E-state index contributed by atoms with van der Waals surface area (Å²) in [6.07, 6.45) is 2.72. The number of aliphatic hydroxyl groups excluding tert-OH is 1. The Morgan fingerprint density at radius 2 is 1.26 bits per heavy atom. The number of amides is 1. The van der Waals surface area contributed by atoms with E-state index in [0.29, 0.717) is 19.5 Å². The molecule has 0 aliphatic carbocycles. The van der Waals surface area contributed by atoms with Crippen LogP contribution in [0.3, 0.4) is 0 Å². The van der Waals surface area contributed by atoms with Crippen LogP contribution in [0.1, 0.15) is 67.7 Å². The first-order valence-corrected chi connectivity index (χ1v) is 12.2. The molecule has 0 aromatic heterocycles. The molecule has 0 aromatic carbocycles. The molecular formula is C25H47N3O7. The minimum absolute atomic E-state index is 0.0214. The van der Waals surface area contributed by atoms with Crippen LogP contribution in [0.2, 0.25) is 0 Å². The Morgan fingerprint density at radius 3 is 1.63 bits per heavy atom. The van der Waals surface area contributed by atoms with Gasteiger partial charge in [0.2, 0.25) is 5.91 Å². The monoisotopic (exact) mass is 501 g/mol. The summed E-state index contributed by atoms with van der Waals surface area (Å²) in [6.45, 7) is 14.0. The number of unbranched alkanes of at least 4 members (excludes halogenated alkanes) is 1. The van der Waals surface area contributed by atoms with Crippen molar-refractivity contribution in [3.63, 3.8) is 0 Å². The first-order chi connectivity index (χ1) is 16.2. The Morgan fingerprint density at radius 1 is 0.800 bits per heavy atom. The fraction of sp³-hybridized carbons (Fsp3) is 0.800. The molecule has 0 saturated heterocycles. The Kier molecular flexibility index (Phi) is 20.3. The van der Waals surface area contributed by atoms with Crippen molar-refractivity contribution in [1.82, 2.24) is 15.1 Å². The molecule has 0 unspecified atom stereocenters. The first-order valence-electron chi connectivity index (χ1n) is 12.2. The van der Waals surface area contributed by atoms with Crippen LogP contribution < -0.4 is 5.32 Å². The van der Waals surface area contributed by atoms with Gasteiger partial charge in [-0.05, 0) is 48.0 Å². The molecule has 1 amide bonds. The van der Waals surface area contributed by atoms with Crippen molar-refractivity contribution in [2.45, 2.75) is 73.3 Å². The molecule has 0 aliphatic heterocycles. The number of hydrogen-bond donors (Lipinski definition) is 2. The van der Waals surface area contributed by atoms with Crippen molar-refractivity contribution in [2.24, 2.45) is 0 Å². The van der Waals surface area contributed by atoms with Gasteiger partial charge in [0, 0.05) is 32.7 Å². The molecule has 0 aliphatic rings. The maximum Gasteiger partial charge on any atom is 0.234 e. The molecule has 0 spiro atoms. The van der Waals surface area contributed by atoms with Gasteiger partial charge in [-0.2, -0.15) is 0 Å². The van der Waals surface area contributed by atoms with E-state index in [9.17, 15) is 24.0 Å². The average molecular weight is 502 g/mol. The van der Waals surface area contributed by atoms with Crippen molar-refractivity contribution < 1.29 is 33.8 Å². The zero-order valence-electron chi connectivity index (χ0n) is 22.8. The van der Waals surface area contributed by atoms with Gasteiger partial charge >= 0.3 is 0 Å². The van der Waals surface area contributed by atoms with E-state index < -0.39 is 0 Å². The number of ketones is 4. The number of carbonyl (C=O) groups is 5. The highest BCUT2D eigenvalue weighted by Crippen LogP contribution is 2.15.